The lowest BCUT2D eigenvalue weighted by molar-refractivity contribution is 0.171. The van der Waals surface area contributed by atoms with Crippen molar-refractivity contribution in [2.45, 2.75) is 39.4 Å². The lowest BCUT2D eigenvalue weighted by Crippen LogP contribution is -2.47. The molecule has 6 heteroatoms. The van der Waals surface area contributed by atoms with Gasteiger partial charge in [-0.2, -0.15) is 0 Å². The third kappa shape index (κ3) is 3.99. The van der Waals surface area contributed by atoms with Crippen molar-refractivity contribution >= 4 is 17.4 Å². The van der Waals surface area contributed by atoms with Crippen LogP contribution < -0.4 is 5.32 Å². The Morgan fingerprint density at radius 2 is 2.38 bits per heavy atom. The summed E-state index contributed by atoms with van der Waals surface area (Å²) < 4.78 is 5.33. The van der Waals surface area contributed by atoms with Gasteiger partial charge in [-0.3, -0.25) is 4.90 Å². The molecule has 0 saturated heterocycles. The molecule has 2 aromatic rings. The second-order valence-corrected chi connectivity index (χ2v) is 7.22. The van der Waals surface area contributed by atoms with Crippen molar-refractivity contribution < 1.29 is 9.21 Å². The van der Waals surface area contributed by atoms with Crippen LogP contribution in [-0.4, -0.2) is 41.5 Å². The summed E-state index contributed by atoms with van der Waals surface area (Å²) in [6.45, 7) is 8.03. The summed E-state index contributed by atoms with van der Waals surface area (Å²) >= 11 is 1.85. The minimum Gasteiger partial charge on any atom is -0.467 e. The van der Waals surface area contributed by atoms with Gasteiger partial charge in [0.2, 0.25) is 0 Å². The largest absolute Gasteiger partial charge is 0.467 e. The average Bonchev–Trinajstić information content (AvgIpc) is 3.27. The molecule has 0 aromatic carbocycles. The topological polar surface area (TPSA) is 48.7 Å². The molecule has 0 saturated carbocycles. The summed E-state index contributed by atoms with van der Waals surface area (Å²) in [6.07, 6.45) is 2.75. The van der Waals surface area contributed by atoms with Gasteiger partial charge in [0.25, 0.3) is 0 Å². The third-order valence-corrected chi connectivity index (χ3v) is 5.63. The van der Waals surface area contributed by atoms with E-state index in [2.05, 4.69) is 28.6 Å². The van der Waals surface area contributed by atoms with Crippen LogP contribution in [0, 0.1) is 0 Å². The van der Waals surface area contributed by atoms with Crippen LogP contribution in [0.4, 0.5) is 4.79 Å². The van der Waals surface area contributed by atoms with Gasteiger partial charge in [0.1, 0.15) is 5.76 Å². The molecule has 0 spiro atoms. The fraction of sp³-hybridized carbons (Fsp3) is 0.500. The Balaban J connectivity index is 1.48. The number of fused-ring (bicyclic) bond motifs is 1. The zero-order valence-corrected chi connectivity index (χ0v) is 15.1. The van der Waals surface area contributed by atoms with Gasteiger partial charge < -0.3 is 14.6 Å². The zero-order chi connectivity index (χ0) is 16.9. The highest BCUT2D eigenvalue weighted by Gasteiger charge is 2.22. The van der Waals surface area contributed by atoms with Crippen LogP contribution >= 0.6 is 11.3 Å². The minimum atomic E-state index is -0.0334. The lowest BCUT2D eigenvalue weighted by Gasteiger charge is -2.33. The molecule has 0 radical (unpaired) electrons. The van der Waals surface area contributed by atoms with Gasteiger partial charge in [-0.05, 0) is 49.4 Å². The molecule has 5 nitrogen and oxygen atoms in total. The van der Waals surface area contributed by atoms with Gasteiger partial charge in [0, 0.05) is 37.1 Å². The van der Waals surface area contributed by atoms with Crippen molar-refractivity contribution in [1.29, 1.82) is 0 Å². The smallest absolute Gasteiger partial charge is 0.317 e. The summed E-state index contributed by atoms with van der Waals surface area (Å²) in [7, 11) is 0. The fourth-order valence-electron chi connectivity index (χ4n) is 3.04. The number of hydrogen-bond acceptors (Lipinski definition) is 4. The summed E-state index contributed by atoms with van der Waals surface area (Å²) in [6, 6.07) is 6.25. The molecule has 1 atom stereocenters. The number of nitrogens with zero attached hydrogens (tertiary/aromatic N) is 2. The Bertz CT molecular complexity index is 653. The lowest BCUT2D eigenvalue weighted by atomic mass is 10.1. The number of furan rings is 1. The quantitative estimate of drug-likeness (QED) is 0.872. The Morgan fingerprint density at radius 1 is 1.50 bits per heavy atom. The monoisotopic (exact) mass is 347 g/mol. The van der Waals surface area contributed by atoms with Crippen LogP contribution in [0.25, 0.3) is 0 Å². The molecule has 0 aliphatic carbocycles. The Morgan fingerprint density at radius 3 is 3.12 bits per heavy atom. The Kier molecular flexibility index (Phi) is 5.58. The molecule has 3 rings (SSSR count). The normalized spacial score (nSPS) is 15.8. The predicted octanol–water partition coefficient (Wildman–Crippen LogP) is 3.32. The van der Waals surface area contributed by atoms with Crippen molar-refractivity contribution in [3.05, 3.63) is 46.0 Å². The number of urea groups is 1. The molecule has 0 bridgehead atoms. The molecule has 24 heavy (non-hydrogen) atoms. The van der Waals surface area contributed by atoms with E-state index in [9.17, 15) is 4.79 Å². The van der Waals surface area contributed by atoms with Gasteiger partial charge in [-0.25, -0.2) is 4.79 Å². The van der Waals surface area contributed by atoms with Crippen molar-refractivity contribution in [3.8, 4) is 0 Å². The minimum absolute atomic E-state index is 0.0334. The first kappa shape index (κ1) is 17.0. The molecule has 0 fully saturated rings. The van der Waals surface area contributed by atoms with Crippen molar-refractivity contribution in [2.75, 3.05) is 19.6 Å². The molecule has 0 unspecified atom stereocenters. The highest BCUT2D eigenvalue weighted by molar-refractivity contribution is 7.10. The summed E-state index contributed by atoms with van der Waals surface area (Å²) in [5.41, 5.74) is 1.44. The van der Waals surface area contributed by atoms with E-state index in [0.29, 0.717) is 25.7 Å². The molecule has 2 aromatic heterocycles. The Labute approximate surface area is 147 Å². The zero-order valence-electron chi connectivity index (χ0n) is 14.3. The van der Waals surface area contributed by atoms with Crippen LogP contribution in [0.5, 0.6) is 0 Å². The molecule has 2 amide bonds. The number of thiophene rings is 1. The Hall–Kier alpha value is -1.79. The molecule has 1 N–H and O–H groups in total. The number of amides is 2. The van der Waals surface area contributed by atoms with Crippen molar-refractivity contribution in [1.82, 2.24) is 15.1 Å². The summed E-state index contributed by atoms with van der Waals surface area (Å²) in [5.74, 6) is 0.807. The van der Waals surface area contributed by atoms with E-state index < -0.39 is 0 Å². The molecule has 3 heterocycles. The number of carbonyl (C=O) groups excluding carboxylic acids is 1. The standard InChI is InChI=1S/C18H25N3O2S/c1-3-20(13-16-5-4-9-23-16)18(22)19-11-14(2)21-8-6-17-15(12-21)7-10-24-17/h4-5,7,9-10,14H,3,6,8,11-13H2,1-2H3,(H,19,22)/t14-/m0/s1. The van der Waals surface area contributed by atoms with E-state index in [1.807, 2.05) is 30.4 Å². The van der Waals surface area contributed by atoms with E-state index in [-0.39, 0.29) is 6.03 Å². The average molecular weight is 347 g/mol. The molecular weight excluding hydrogens is 322 g/mol. The van der Waals surface area contributed by atoms with Gasteiger partial charge in [0.05, 0.1) is 12.8 Å². The molecule has 130 valence electrons. The molecule has 1 aliphatic rings. The second kappa shape index (κ2) is 7.85. The van der Waals surface area contributed by atoms with Gasteiger partial charge in [-0.1, -0.05) is 0 Å². The third-order valence-electron chi connectivity index (χ3n) is 4.60. The maximum Gasteiger partial charge on any atom is 0.317 e. The van der Waals surface area contributed by atoms with Gasteiger partial charge in [0.15, 0.2) is 0 Å². The number of hydrogen-bond donors (Lipinski definition) is 1. The van der Waals surface area contributed by atoms with E-state index >= 15 is 0 Å². The van der Waals surface area contributed by atoms with E-state index in [1.54, 1.807) is 11.2 Å². The second-order valence-electron chi connectivity index (χ2n) is 6.22. The highest BCUT2D eigenvalue weighted by Crippen LogP contribution is 2.24. The summed E-state index contributed by atoms with van der Waals surface area (Å²) in [5, 5.41) is 5.24. The van der Waals surface area contributed by atoms with E-state index in [4.69, 9.17) is 4.42 Å². The van der Waals surface area contributed by atoms with Crippen molar-refractivity contribution in [2.24, 2.45) is 0 Å². The summed E-state index contributed by atoms with van der Waals surface area (Å²) in [4.78, 5) is 18.1. The SMILES string of the molecule is CCN(Cc1ccco1)C(=O)NC[C@H](C)N1CCc2sccc2C1. The number of carbonyl (C=O) groups is 1. The van der Waals surface area contributed by atoms with E-state index in [1.165, 1.54) is 10.4 Å². The van der Waals surface area contributed by atoms with Crippen molar-refractivity contribution in [3.63, 3.8) is 0 Å². The van der Waals surface area contributed by atoms with Crippen LogP contribution in [-0.2, 0) is 19.5 Å². The molecule has 1 aliphatic heterocycles. The fourth-order valence-corrected chi connectivity index (χ4v) is 3.93. The molecular formula is C18H25N3O2S. The highest BCUT2D eigenvalue weighted by atomic mass is 32.1. The van der Waals surface area contributed by atoms with Gasteiger partial charge >= 0.3 is 6.03 Å². The first-order valence-electron chi connectivity index (χ1n) is 8.51. The number of nitrogens with one attached hydrogen (secondary N) is 1. The van der Waals surface area contributed by atoms with Crippen LogP contribution in [0.2, 0.25) is 0 Å². The maximum atomic E-state index is 12.4. The first-order valence-corrected chi connectivity index (χ1v) is 9.39. The van der Waals surface area contributed by atoms with Gasteiger partial charge in [-0.15, -0.1) is 11.3 Å². The van der Waals surface area contributed by atoms with Crippen LogP contribution in [0.3, 0.4) is 0 Å². The van der Waals surface area contributed by atoms with Crippen LogP contribution in [0.15, 0.2) is 34.3 Å². The van der Waals surface area contributed by atoms with E-state index in [0.717, 1.165) is 25.3 Å². The van der Waals surface area contributed by atoms with Crippen LogP contribution in [0.1, 0.15) is 30.0 Å². The first-order chi connectivity index (χ1) is 11.7. The maximum absolute atomic E-state index is 12.4. The number of rotatable bonds is 6. The predicted molar refractivity (Wildman–Crippen MR) is 96.1 cm³/mol.